The molecule has 2 heterocycles. The third-order valence-electron chi connectivity index (χ3n) is 7.74. The van der Waals surface area contributed by atoms with Crippen LogP contribution in [0.25, 0.3) is 0 Å². The van der Waals surface area contributed by atoms with E-state index in [0.29, 0.717) is 24.1 Å². The molecule has 6 heteroatoms. The molecule has 5 nitrogen and oxygen atoms in total. The summed E-state index contributed by atoms with van der Waals surface area (Å²) in [5.41, 5.74) is 0.452. The zero-order valence-corrected chi connectivity index (χ0v) is 21.1. The summed E-state index contributed by atoms with van der Waals surface area (Å²) in [4.78, 5) is 29.7. The van der Waals surface area contributed by atoms with Crippen LogP contribution >= 0.6 is 0 Å². The average molecular weight is 461 g/mol. The Kier molecular flexibility index (Phi) is 5.84. The van der Waals surface area contributed by atoms with E-state index >= 15 is 0 Å². The minimum Gasteiger partial charge on any atom is -0.412 e. The molecule has 0 N–H and O–H groups in total. The quantitative estimate of drug-likeness (QED) is 0.355. The van der Waals surface area contributed by atoms with Crippen molar-refractivity contribution in [2.45, 2.75) is 69.3 Å². The fourth-order valence-corrected chi connectivity index (χ4v) is 6.27. The molecule has 0 saturated carbocycles. The minimum atomic E-state index is -1.95. The van der Waals surface area contributed by atoms with Crippen LogP contribution in [-0.4, -0.2) is 43.6 Å². The highest BCUT2D eigenvalue weighted by Gasteiger charge is 2.60. The van der Waals surface area contributed by atoms with Crippen LogP contribution in [-0.2, 0) is 14.6 Å². The third-order valence-corrected chi connectivity index (χ3v) is 12.3. The van der Waals surface area contributed by atoms with Gasteiger partial charge >= 0.3 is 0 Å². The Labute approximate surface area is 197 Å². The molecular weight excluding hydrogens is 428 g/mol. The molecule has 4 rings (SSSR count). The lowest BCUT2D eigenvalue weighted by atomic mass is 9.71. The summed E-state index contributed by atoms with van der Waals surface area (Å²) >= 11 is 0. The Morgan fingerprint density at radius 3 is 2.30 bits per heavy atom. The number of nitrogens with zero attached hydrogens (tertiary/aromatic N) is 2. The van der Waals surface area contributed by atoms with Crippen LogP contribution in [0.15, 0.2) is 54.6 Å². The molecule has 0 aliphatic carbocycles. The molecular formula is C27H32N2O3Si. The van der Waals surface area contributed by atoms with Crippen LogP contribution in [0.4, 0.5) is 0 Å². The SMILES string of the molecule is CC(C)(C)[Si](C)(C)O[C@H]1CC2CC(C(=O)c3ccc(C#N)cc3)(c3ccccc3)C(=O)N2C1. The molecule has 2 aromatic carbocycles. The maximum atomic E-state index is 14.0. The van der Waals surface area contributed by atoms with Crippen molar-refractivity contribution in [1.82, 2.24) is 4.90 Å². The number of hydrogen-bond acceptors (Lipinski definition) is 4. The monoisotopic (exact) mass is 460 g/mol. The summed E-state index contributed by atoms with van der Waals surface area (Å²) in [7, 11) is -1.95. The van der Waals surface area contributed by atoms with Crippen LogP contribution < -0.4 is 0 Å². The number of fused-ring (bicyclic) bond motifs is 1. The summed E-state index contributed by atoms with van der Waals surface area (Å²) in [5, 5.41) is 9.21. The predicted octanol–water partition coefficient (Wildman–Crippen LogP) is 5.07. The first-order chi connectivity index (χ1) is 15.5. The van der Waals surface area contributed by atoms with Gasteiger partial charge in [-0.25, -0.2) is 0 Å². The van der Waals surface area contributed by atoms with E-state index in [0.717, 1.165) is 12.0 Å². The Morgan fingerprint density at radius 2 is 1.76 bits per heavy atom. The van der Waals surface area contributed by atoms with Gasteiger partial charge in [0.2, 0.25) is 5.91 Å². The van der Waals surface area contributed by atoms with Gasteiger partial charge in [0.25, 0.3) is 0 Å². The van der Waals surface area contributed by atoms with Crippen molar-refractivity contribution < 1.29 is 14.0 Å². The van der Waals surface area contributed by atoms with Crippen molar-refractivity contribution in [2.75, 3.05) is 6.54 Å². The van der Waals surface area contributed by atoms with Crippen LogP contribution in [0.3, 0.4) is 0 Å². The Balaban J connectivity index is 1.65. The molecule has 0 radical (unpaired) electrons. The second-order valence-electron chi connectivity index (χ2n) is 10.8. The number of hydrogen-bond donors (Lipinski definition) is 0. The van der Waals surface area contributed by atoms with E-state index in [1.807, 2.05) is 35.2 Å². The van der Waals surface area contributed by atoms with Gasteiger partial charge in [0.05, 0.1) is 17.7 Å². The largest absolute Gasteiger partial charge is 0.412 e. The van der Waals surface area contributed by atoms with E-state index in [1.165, 1.54) is 0 Å². The molecule has 3 atom stereocenters. The van der Waals surface area contributed by atoms with Crippen LogP contribution in [0, 0.1) is 11.3 Å². The zero-order valence-electron chi connectivity index (χ0n) is 20.1. The van der Waals surface area contributed by atoms with Crippen LogP contribution in [0.1, 0.15) is 55.1 Å². The van der Waals surface area contributed by atoms with Crippen molar-refractivity contribution in [2.24, 2.45) is 0 Å². The van der Waals surface area contributed by atoms with Gasteiger partial charge in [-0.05, 0) is 48.7 Å². The van der Waals surface area contributed by atoms with E-state index in [9.17, 15) is 9.59 Å². The first-order valence-corrected chi connectivity index (χ1v) is 14.5. The zero-order chi connectivity index (χ0) is 24.0. The first-order valence-electron chi connectivity index (χ1n) is 11.6. The van der Waals surface area contributed by atoms with Gasteiger partial charge in [0.15, 0.2) is 14.1 Å². The van der Waals surface area contributed by atoms with Crippen LogP contribution in [0.2, 0.25) is 18.1 Å². The number of benzene rings is 2. The topological polar surface area (TPSA) is 70.4 Å². The first kappa shape index (κ1) is 23.4. The Hall–Kier alpha value is -2.75. The fraction of sp³-hybridized carbons (Fsp3) is 0.444. The summed E-state index contributed by atoms with van der Waals surface area (Å²) in [6.07, 6.45) is 1.22. The molecule has 0 bridgehead atoms. The molecule has 2 aliphatic rings. The van der Waals surface area contributed by atoms with E-state index in [2.05, 4.69) is 39.9 Å². The molecule has 33 heavy (non-hydrogen) atoms. The second-order valence-corrected chi connectivity index (χ2v) is 15.6. The number of amides is 1. The van der Waals surface area contributed by atoms with E-state index < -0.39 is 13.7 Å². The van der Waals surface area contributed by atoms with Crippen molar-refractivity contribution >= 4 is 20.0 Å². The van der Waals surface area contributed by atoms with E-state index in [1.54, 1.807) is 24.3 Å². The van der Waals surface area contributed by atoms with Crippen molar-refractivity contribution in [3.05, 3.63) is 71.3 Å². The molecule has 1 amide bonds. The van der Waals surface area contributed by atoms with E-state index in [-0.39, 0.29) is 28.9 Å². The maximum Gasteiger partial charge on any atom is 0.241 e. The third kappa shape index (κ3) is 3.94. The van der Waals surface area contributed by atoms with Crippen molar-refractivity contribution in [1.29, 1.82) is 5.26 Å². The highest BCUT2D eigenvalue weighted by atomic mass is 28.4. The summed E-state index contributed by atoms with van der Waals surface area (Å²) in [5.74, 6) is -0.325. The van der Waals surface area contributed by atoms with Gasteiger partial charge in [-0.15, -0.1) is 0 Å². The number of carbonyl (C=O) groups excluding carboxylic acids is 2. The highest BCUT2D eigenvalue weighted by Crippen LogP contribution is 2.47. The lowest BCUT2D eigenvalue weighted by Crippen LogP contribution is -2.47. The van der Waals surface area contributed by atoms with Gasteiger partial charge in [-0.1, -0.05) is 63.2 Å². The molecule has 2 aliphatic heterocycles. The average Bonchev–Trinajstić information content (AvgIpc) is 3.29. The smallest absolute Gasteiger partial charge is 0.241 e. The molecule has 2 aromatic rings. The molecule has 0 spiro atoms. The van der Waals surface area contributed by atoms with Gasteiger partial charge in [-0.3, -0.25) is 9.59 Å². The van der Waals surface area contributed by atoms with Crippen molar-refractivity contribution in [3.8, 4) is 6.07 Å². The van der Waals surface area contributed by atoms with Gasteiger partial charge < -0.3 is 9.33 Å². The molecule has 172 valence electrons. The lowest BCUT2D eigenvalue weighted by Gasteiger charge is -2.38. The predicted molar refractivity (Wildman–Crippen MR) is 130 cm³/mol. The fourth-order valence-electron chi connectivity index (χ4n) is 4.91. The molecule has 0 aromatic heterocycles. The second kappa shape index (κ2) is 8.23. The van der Waals surface area contributed by atoms with Gasteiger partial charge in [0, 0.05) is 18.2 Å². The summed E-state index contributed by atoms with van der Waals surface area (Å²) in [6.45, 7) is 11.7. The molecule has 2 fully saturated rings. The minimum absolute atomic E-state index is 0.0126. The normalized spacial score (nSPS) is 25.1. The summed E-state index contributed by atoms with van der Waals surface area (Å²) in [6, 6.07) is 18.1. The van der Waals surface area contributed by atoms with Gasteiger partial charge in [-0.2, -0.15) is 5.26 Å². The number of ketones is 1. The Morgan fingerprint density at radius 1 is 1.12 bits per heavy atom. The van der Waals surface area contributed by atoms with Crippen LogP contribution in [0.5, 0.6) is 0 Å². The van der Waals surface area contributed by atoms with Gasteiger partial charge in [0.1, 0.15) is 5.41 Å². The number of carbonyl (C=O) groups is 2. The van der Waals surface area contributed by atoms with E-state index in [4.69, 9.17) is 9.69 Å². The number of Topliss-reactive ketones (excluding diaryl/α,β-unsaturated/α-hetero) is 1. The lowest BCUT2D eigenvalue weighted by molar-refractivity contribution is -0.131. The number of rotatable bonds is 5. The Bertz CT molecular complexity index is 1100. The standard InChI is InChI=1S/C27H32N2O3Si/c1-26(2,3)33(4,5)32-23-15-22-16-27(25(31)29(22)18-23,21-9-7-6-8-10-21)24(30)20-13-11-19(17-28)12-14-20/h6-14,22-23H,15-16,18H2,1-5H3/t22?,23-,27?/m0/s1. The summed E-state index contributed by atoms with van der Waals surface area (Å²) < 4.78 is 6.62. The molecule has 2 saturated heterocycles. The number of nitriles is 1. The highest BCUT2D eigenvalue weighted by molar-refractivity contribution is 6.74. The van der Waals surface area contributed by atoms with Crippen molar-refractivity contribution in [3.63, 3.8) is 0 Å². The maximum absolute atomic E-state index is 14.0. The molecule has 2 unspecified atom stereocenters.